The molecule has 0 saturated heterocycles. The topological polar surface area (TPSA) is 105 Å². The molecule has 1 aromatic carbocycles. The minimum absolute atomic E-state index is 0.0941. The molecule has 3 N–H and O–H groups in total. The van der Waals surface area contributed by atoms with Gasteiger partial charge in [0.25, 0.3) is 5.91 Å². The lowest BCUT2D eigenvalue weighted by atomic mass is 9.96. The molecule has 0 spiro atoms. The monoisotopic (exact) mass is 500 g/mol. The van der Waals surface area contributed by atoms with Crippen molar-refractivity contribution in [3.05, 3.63) is 64.6 Å². The molecule has 1 atom stereocenters. The Bertz CT molecular complexity index is 1280. The predicted octanol–water partition coefficient (Wildman–Crippen LogP) is 4.93. The van der Waals surface area contributed by atoms with Crippen molar-refractivity contribution in [2.24, 2.45) is 0 Å². The molecule has 0 bridgehead atoms. The molecule has 4 rings (SSSR count). The summed E-state index contributed by atoms with van der Waals surface area (Å²) in [5, 5.41) is 14.5. The molecule has 36 heavy (non-hydrogen) atoms. The number of hydrogen-bond acceptors (Lipinski definition) is 4. The Balaban J connectivity index is 1.65. The fourth-order valence-corrected chi connectivity index (χ4v) is 4.45. The number of amides is 2. The van der Waals surface area contributed by atoms with Gasteiger partial charge in [0.05, 0.1) is 16.8 Å². The molecule has 2 amide bonds. The van der Waals surface area contributed by atoms with Crippen LogP contribution in [0.2, 0.25) is 0 Å². The number of nitrogens with one attached hydrogen (secondary N) is 2. The number of halogens is 2. The normalized spacial score (nSPS) is 14.9. The van der Waals surface area contributed by atoms with Gasteiger partial charge < -0.3 is 20.5 Å². The minimum atomic E-state index is -1.16. The highest BCUT2D eigenvalue weighted by Crippen LogP contribution is 2.42. The third-order valence-corrected chi connectivity index (χ3v) is 6.43. The summed E-state index contributed by atoms with van der Waals surface area (Å²) in [5.74, 6) is -1.17. The third kappa shape index (κ3) is 5.42. The van der Waals surface area contributed by atoms with Crippen LogP contribution in [0.25, 0.3) is 5.65 Å². The number of ether oxygens (including phenoxy) is 1. The number of pyridine rings is 1. The van der Waals surface area contributed by atoms with E-state index in [1.165, 1.54) is 18.2 Å². The Hall–Kier alpha value is -3.69. The first-order chi connectivity index (χ1) is 17.1. The maximum absolute atomic E-state index is 14.1. The number of rotatable bonds is 10. The van der Waals surface area contributed by atoms with Crippen LogP contribution in [-0.2, 0) is 6.61 Å². The van der Waals surface area contributed by atoms with Gasteiger partial charge >= 0.3 is 6.09 Å². The molecule has 1 fully saturated rings. The first-order valence-electron chi connectivity index (χ1n) is 12.0. The van der Waals surface area contributed by atoms with E-state index in [0.717, 1.165) is 24.8 Å². The first kappa shape index (κ1) is 25.4. The molecule has 10 heteroatoms. The largest absolute Gasteiger partial charge is 0.485 e. The zero-order valence-electron chi connectivity index (χ0n) is 20.5. The highest BCUT2D eigenvalue weighted by molar-refractivity contribution is 5.95. The quantitative estimate of drug-likeness (QED) is 0.366. The molecule has 0 radical (unpaired) electrons. The number of benzene rings is 1. The minimum Gasteiger partial charge on any atom is -0.485 e. The Labute approximate surface area is 207 Å². The smallest absolute Gasteiger partial charge is 0.405 e. The second kappa shape index (κ2) is 10.1. The van der Waals surface area contributed by atoms with Gasteiger partial charge in [0.15, 0.2) is 11.4 Å². The van der Waals surface area contributed by atoms with Gasteiger partial charge in [-0.15, -0.1) is 0 Å². The fraction of sp³-hybridized carbons (Fsp3) is 0.423. The molecule has 1 saturated carbocycles. The molecule has 192 valence electrons. The average Bonchev–Trinajstić information content (AvgIpc) is 3.59. The predicted molar refractivity (Wildman–Crippen MR) is 129 cm³/mol. The second-order valence-corrected chi connectivity index (χ2v) is 9.56. The highest BCUT2D eigenvalue weighted by Gasteiger charge is 2.30. The van der Waals surface area contributed by atoms with Crippen molar-refractivity contribution in [3.63, 3.8) is 0 Å². The van der Waals surface area contributed by atoms with Gasteiger partial charge in [0.2, 0.25) is 0 Å². The van der Waals surface area contributed by atoms with Crippen LogP contribution in [0.4, 0.5) is 13.6 Å². The van der Waals surface area contributed by atoms with E-state index in [4.69, 9.17) is 4.74 Å². The summed E-state index contributed by atoms with van der Waals surface area (Å²) in [6.45, 7) is 5.14. The van der Waals surface area contributed by atoms with Crippen molar-refractivity contribution in [2.45, 2.75) is 64.5 Å². The van der Waals surface area contributed by atoms with E-state index < -0.39 is 29.2 Å². The zero-order valence-corrected chi connectivity index (χ0v) is 20.5. The summed E-state index contributed by atoms with van der Waals surface area (Å²) in [5.41, 5.74) is 1.03. The van der Waals surface area contributed by atoms with E-state index >= 15 is 0 Å². The van der Waals surface area contributed by atoms with Gasteiger partial charge in [-0.25, -0.2) is 18.6 Å². The number of fused-ring (bicyclic) bond motifs is 1. The third-order valence-electron chi connectivity index (χ3n) is 6.43. The second-order valence-electron chi connectivity index (χ2n) is 9.56. The molecule has 2 heterocycles. The molecule has 0 aliphatic heterocycles. The lowest BCUT2D eigenvalue weighted by molar-refractivity contribution is 0.0929. The van der Waals surface area contributed by atoms with Crippen LogP contribution in [0.5, 0.6) is 5.75 Å². The van der Waals surface area contributed by atoms with Gasteiger partial charge in [0.1, 0.15) is 23.9 Å². The summed E-state index contributed by atoms with van der Waals surface area (Å²) < 4.78 is 35.8. The van der Waals surface area contributed by atoms with Gasteiger partial charge in [0, 0.05) is 12.7 Å². The zero-order chi connectivity index (χ0) is 26.0. The van der Waals surface area contributed by atoms with E-state index in [2.05, 4.69) is 15.6 Å². The van der Waals surface area contributed by atoms with E-state index in [9.17, 15) is 23.5 Å². The summed E-state index contributed by atoms with van der Waals surface area (Å²) in [4.78, 5) is 29.0. The number of hydrogen-bond donors (Lipinski definition) is 3. The van der Waals surface area contributed by atoms with Crippen LogP contribution in [-0.4, -0.2) is 38.6 Å². The molecule has 1 aliphatic rings. The molecular formula is C26H30F2N4O4. The van der Waals surface area contributed by atoms with Gasteiger partial charge in [-0.3, -0.25) is 9.20 Å². The lowest BCUT2D eigenvalue weighted by Crippen LogP contribution is -2.53. The van der Waals surface area contributed by atoms with E-state index in [1.54, 1.807) is 18.2 Å². The number of carboxylic acid groups (broad SMARTS) is 1. The number of carbonyl (C=O) groups excluding carboxylic acids is 1. The van der Waals surface area contributed by atoms with Gasteiger partial charge in [-0.1, -0.05) is 19.4 Å². The van der Waals surface area contributed by atoms with Crippen molar-refractivity contribution in [1.29, 1.82) is 0 Å². The molecule has 1 aliphatic carbocycles. The number of imidazole rings is 1. The van der Waals surface area contributed by atoms with Crippen molar-refractivity contribution in [1.82, 2.24) is 20.0 Å². The maximum atomic E-state index is 14.1. The van der Waals surface area contributed by atoms with Crippen molar-refractivity contribution >= 4 is 17.6 Å². The van der Waals surface area contributed by atoms with Crippen LogP contribution >= 0.6 is 0 Å². The van der Waals surface area contributed by atoms with Crippen LogP contribution in [0, 0.1) is 18.6 Å². The first-order valence-corrected chi connectivity index (χ1v) is 12.0. The Morgan fingerprint density at radius 1 is 1.28 bits per heavy atom. The number of aryl methyl sites for hydroxylation is 1. The molecule has 8 nitrogen and oxygen atoms in total. The standard InChI is InChI=1S/C26H30F2N4O4/c1-4-10-26(3,31-25(34)35)14-29-24(33)22-15(2)30-23-21(11-17(12-32(22)23)16-8-9-16)36-13-18-19(27)6-5-7-20(18)28/h5-7,11-12,16,31H,4,8-10,13-14H2,1-3H3,(H,29,33)(H,34,35). The van der Waals surface area contributed by atoms with E-state index in [0.29, 0.717) is 35.1 Å². The highest BCUT2D eigenvalue weighted by atomic mass is 19.1. The summed E-state index contributed by atoms with van der Waals surface area (Å²) in [7, 11) is 0. The lowest BCUT2D eigenvalue weighted by Gasteiger charge is -2.29. The van der Waals surface area contributed by atoms with Crippen LogP contribution in [0.3, 0.4) is 0 Å². The number of nitrogens with zero attached hydrogens (tertiary/aromatic N) is 2. The summed E-state index contributed by atoms with van der Waals surface area (Å²) in [6, 6.07) is 5.45. The molecule has 3 aromatic rings. The summed E-state index contributed by atoms with van der Waals surface area (Å²) >= 11 is 0. The van der Waals surface area contributed by atoms with Crippen molar-refractivity contribution < 1.29 is 28.2 Å². The Kier molecular flexibility index (Phi) is 7.14. The fourth-order valence-electron chi connectivity index (χ4n) is 4.45. The SMILES string of the molecule is CCCC(C)(CNC(=O)c1c(C)nc2c(OCc3c(F)cccc3F)cc(C3CC3)cn12)NC(=O)O. The van der Waals surface area contributed by atoms with Crippen LogP contribution < -0.4 is 15.4 Å². The Morgan fingerprint density at radius 2 is 1.97 bits per heavy atom. The Morgan fingerprint density at radius 3 is 2.58 bits per heavy atom. The molecule has 2 aromatic heterocycles. The molecular weight excluding hydrogens is 470 g/mol. The number of aromatic nitrogens is 2. The average molecular weight is 501 g/mol. The van der Waals surface area contributed by atoms with Crippen LogP contribution in [0.1, 0.15) is 72.8 Å². The van der Waals surface area contributed by atoms with E-state index in [1.807, 2.05) is 19.2 Å². The van der Waals surface area contributed by atoms with Gasteiger partial charge in [-0.2, -0.15) is 0 Å². The van der Waals surface area contributed by atoms with Crippen molar-refractivity contribution in [3.8, 4) is 5.75 Å². The maximum Gasteiger partial charge on any atom is 0.405 e. The number of carbonyl (C=O) groups is 2. The van der Waals surface area contributed by atoms with Gasteiger partial charge in [-0.05, 0) is 62.8 Å². The van der Waals surface area contributed by atoms with E-state index in [-0.39, 0.29) is 18.7 Å². The van der Waals surface area contributed by atoms with Crippen molar-refractivity contribution in [2.75, 3.05) is 6.54 Å². The molecule has 1 unspecified atom stereocenters. The summed E-state index contributed by atoms with van der Waals surface area (Å²) in [6.07, 6.45) is 3.96. The van der Waals surface area contributed by atoms with Crippen LogP contribution in [0.15, 0.2) is 30.5 Å².